The summed E-state index contributed by atoms with van der Waals surface area (Å²) in [6, 6.07) is 0. The zero-order chi connectivity index (χ0) is 19.5. The molecule has 8 heteroatoms. The molecule has 2 aliphatic heterocycles. The van der Waals surface area contributed by atoms with Gasteiger partial charge in [-0.05, 0) is 33.6 Å². The molecule has 2 amide bonds. The highest BCUT2D eigenvalue weighted by Gasteiger charge is 2.20. The minimum atomic E-state index is 0.190. The fourth-order valence-electron chi connectivity index (χ4n) is 3.40. The Bertz CT molecular complexity index is 415. The standard InChI is InChI=1S/C19H36N4O4/c1-20(2)6-3-7-21(8-4-18(24)22-10-14-26-15-11-22)9-5-19(25)23-12-16-27-17-13-23/h3-17H2,1-2H3. The van der Waals surface area contributed by atoms with E-state index in [0.717, 1.165) is 19.5 Å². The Balaban J connectivity index is 1.76. The number of amides is 2. The first-order chi connectivity index (χ1) is 13.1. The van der Waals surface area contributed by atoms with Gasteiger partial charge >= 0.3 is 0 Å². The second kappa shape index (κ2) is 12.3. The molecule has 0 N–H and O–H groups in total. The molecular formula is C19H36N4O4. The van der Waals surface area contributed by atoms with Crippen LogP contribution < -0.4 is 0 Å². The quantitative estimate of drug-likeness (QED) is 0.517. The van der Waals surface area contributed by atoms with E-state index in [9.17, 15) is 9.59 Å². The van der Waals surface area contributed by atoms with Crippen molar-refractivity contribution in [3.8, 4) is 0 Å². The van der Waals surface area contributed by atoms with Gasteiger partial charge < -0.3 is 29.1 Å². The summed E-state index contributed by atoms with van der Waals surface area (Å²) in [7, 11) is 4.13. The van der Waals surface area contributed by atoms with Gasteiger partial charge in [0.05, 0.1) is 26.4 Å². The van der Waals surface area contributed by atoms with Crippen LogP contribution in [0.1, 0.15) is 19.3 Å². The van der Waals surface area contributed by atoms with Crippen LogP contribution in [0.25, 0.3) is 0 Å². The largest absolute Gasteiger partial charge is 0.378 e. The van der Waals surface area contributed by atoms with Crippen molar-refractivity contribution in [2.45, 2.75) is 19.3 Å². The Morgan fingerprint density at radius 3 is 1.59 bits per heavy atom. The summed E-state index contributed by atoms with van der Waals surface area (Å²) in [5.41, 5.74) is 0. The van der Waals surface area contributed by atoms with Crippen LogP contribution in [0.3, 0.4) is 0 Å². The molecule has 0 saturated carbocycles. The molecule has 156 valence electrons. The third kappa shape index (κ3) is 8.55. The van der Waals surface area contributed by atoms with Gasteiger partial charge in [0, 0.05) is 52.1 Å². The van der Waals surface area contributed by atoms with Gasteiger partial charge in [0.15, 0.2) is 0 Å². The number of morpholine rings is 2. The van der Waals surface area contributed by atoms with Crippen molar-refractivity contribution in [1.82, 2.24) is 19.6 Å². The van der Waals surface area contributed by atoms with E-state index in [2.05, 4.69) is 23.9 Å². The number of hydrogen-bond donors (Lipinski definition) is 0. The van der Waals surface area contributed by atoms with Gasteiger partial charge in [0.1, 0.15) is 0 Å². The predicted molar refractivity (Wildman–Crippen MR) is 104 cm³/mol. The van der Waals surface area contributed by atoms with Gasteiger partial charge in [-0.1, -0.05) is 0 Å². The van der Waals surface area contributed by atoms with E-state index in [1.165, 1.54) is 0 Å². The third-order valence-corrected chi connectivity index (χ3v) is 5.09. The van der Waals surface area contributed by atoms with Crippen LogP contribution in [0.4, 0.5) is 0 Å². The first-order valence-corrected chi connectivity index (χ1v) is 10.1. The molecule has 8 nitrogen and oxygen atoms in total. The summed E-state index contributed by atoms with van der Waals surface area (Å²) < 4.78 is 10.6. The molecule has 27 heavy (non-hydrogen) atoms. The topological polar surface area (TPSA) is 65.6 Å². The Kier molecular flexibility index (Phi) is 10.0. The minimum Gasteiger partial charge on any atom is -0.378 e. The smallest absolute Gasteiger partial charge is 0.224 e. The second-order valence-corrected chi connectivity index (χ2v) is 7.48. The minimum absolute atomic E-state index is 0.190. The highest BCUT2D eigenvalue weighted by Crippen LogP contribution is 2.06. The monoisotopic (exact) mass is 384 g/mol. The summed E-state index contributed by atoms with van der Waals surface area (Å²) in [6.45, 7) is 8.61. The molecular weight excluding hydrogens is 348 g/mol. The molecule has 0 aromatic carbocycles. The van der Waals surface area contributed by atoms with Crippen molar-refractivity contribution in [1.29, 1.82) is 0 Å². The van der Waals surface area contributed by atoms with E-state index >= 15 is 0 Å². The summed E-state index contributed by atoms with van der Waals surface area (Å²) in [5, 5.41) is 0. The molecule has 0 aromatic heterocycles. The number of hydrogen-bond acceptors (Lipinski definition) is 6. The van der Waals surface area contributed by atoms with E-state index in [1.54, 1.807) is 0 Å². The summed E-state index contributed by atoms with van der Waals surface area (Å²) in [5.74, 6) is 0.380. The molecule has 0 atom stereocenters. The van der Waals surface area contributed by atoms with Gasteiger partial charge in [-0.25, -0.2) is 0 Å². The van der Waals surface area contributed by atoms with Gasteiger partial charge in [-0.3, -0.25) is 9.59 Å². The van der Waals surface area contributed by atoms with Crippen LogP contribution in [-0.4, -0.2) is 124 Å². The maximum absolute atomic E-state index is 12.4. The molecule has 2 fully saturated rings. The zero-order valence-corrected chi connectivity index (χ0v) is 17.0. The molecule has 2 heterocycles. The lowest BCUT2D eigenvalue weighted by atomic mass is 10.2. The molecule has 2 aliphatic rings. The highest BCUT2D eigenvalue weighted by molar-refractivity contribution is 5.77. The summed E-state index contributed by atoms with van der Waals surface area (Å²) in [4.78, 5) is 33.0. The average Bonchev–Trinajstić information content (AvgIpc) is 2.70. The lowest BCUT2D eigenvalue weighted by Crippen LogP contribution is -2.43. The van der Waals surface area contributed by atoms with E-state index in [4.69, 9.17) is 9.47 Å². The second-order valence-electron chi connectivity index (χ2n) is 7.48. The molecule has 2 rings (SSSR count). The fraction of sp³-hybridized carbons (Fsp3) is 0.895. The number of carbonyl (C=O) groups is 2. The number of nitrogens with zero attached hydrogens (tertiary/aromatic N) is 4. The van der Waals surface area contributed by atoms with Crippen molar-refractivity contribution in [3.63, 3.8) is 0 Å². The summed E-state index contributed by atoms with van der Waals surface area (Å²) in [6.07, 6.45) is 2.05. The van der Waals surface area contributed by atoms with E-state index in [1.807, 2.05) is 9.80 Å². The van der Waals surface area contributed by atoms with Crippen LogP contribution >= 0.6 is 0 Å². The lowest BCUT2D eigenvalue weighted by Gasteiger charge is -2.30. The highest BCUT2D eigenvalue weighted by atomic mass is 16.5. The van der Waals surface area contributed by atoms with Crippen LogP contribution in [0.2, 0.25) is 0 Å². The Morgan fingerprint density at radius 1 is 0.741 bits per heavy atom. The number of carbonyl (C=O) groups excluding carboxylic acids is 2. The van der Waals surface area contributed by atoms with E-state index in [-0.39, 0.29) is 11.8 Å². The van der Waals surface area contributed by atoms with Gasteiger partial charge in [0.2, 0.25) is 11.8 Å². The molecule has 0 spiro atoms. The van der Waals surface area contributed by atoms with Gasteiger partial charge in [-0.15, -0.1) is 0 Å². The predicted octanol–water partition coefficient (Wildman–Crippen LogP) is -0.262. The number of rotatable bonds is 10. The maximum atomic E-state index is 12.4. The zero-order valence-electron chi connectivity index (χ0n) is 17.0. The normalized spacial score (nSPS) is 18.4. The van der Waals surface area contributed by atoms with Crippen LogP contribution in [-0.2, 0) is 19.1 Å². The van der Waals surface area contributed by atoms with Crippen molar-refractivity contribution in [3.05, 3.63) is 0 Å². The van der Waals surface area contributed by atoms with Crippen LogP contribution in [0.15, 0.2) is 0 Å². The molecule has 0 radical (unpaired) electrons. The molecule has 2 saturated heterocycles. The Morgan fingerprint density at radius 2 is 1.19 bits per heavy atom. The van der Waals surface area contributed by atoms with Gasteiger partial charge in [0.25, 0.3) is 0 Å². The van der Waals surface area contributed by atoms with Crippen LogP contribution in [0.5, 0.6) is 0 Å². The van der Waals surface area contributed by atoms with Gasteiger partial charge in [-0.2, -0.15) is 0 Å². The maximum Gasteiger partial charge on any atom is 0.224 e. The molecule has 0 bridgehead atoms. The first-order valence-electron chi connectivity index (χ1n) is 10.1. The lowest BCUT2D eigenvalue weighted by molar-refractivity contribution is -0.135. The molecule has 0 aromatic rings. The average molecular weight is 385 g/mol. The summed E-state index contributed by atoms with van der Waals surface area (Å²) >= 11 is 0. The van der Waals surface area contributed by atoms with Crippen molar-refractivity contribution in [2.24, 2.45) is 0 Å². The van der Waals surface area contributed by atoms with Crippen molar-refractivity contribution < 1.29 is 19.1 Å². The number of ether oxygens (including phenoxy) is 2. The Labute approximate surface area is 163 Å². The Hall–Kier alpha value is -1.22. The fourth-order valence-corrected chi connectivity index (χ4v) is 3.40. The van der Waals surface area contributed by atoms with Crippen LogP contribution in [0, 0.1) is 0 Å². The van der Waals surface area contributed by atoms with E-state index in [0.29, 0.717) is 78.5 Å². The molecule has 0 unspecified atom stereocenters. The molecule has 0 aliphatic carbocycles. The SMILES string of the molecule is CN(C)CCCN(CCC(=O)N1CCOCC1)CCC(=O)N1CCOCC1. The van der Waals surface area contributed by atoms with E-state index < -0.39 is 0 Å². The van der Waals surface area contributed by atoms with Crippen molar-refractivity contribution in [2.75, 3.05) is 92.9 Å². The first kappa shape index (κ1) is 22.1. The third-order valence-electron chi connectivity index (χ3n) is 5.09. The van der Waals surface area contributed by atoms with Crippen molar-refractivity contribution >= 4 is 11.8 Å².